The summed E-state index contributed by atoms with van der Waals surface area (Å²) >= 11 is 1.29. The molecule has 8 nitrogen and oxygen atoms in total. The number of hydrogen-bond donors (Lipinski definition) is 0. The van der Waals surface area contributed by atoms with E-state index in [1.54, 1.807) is 38.7 Å². The lowest BCUT2D eigenvalue weighted by Gasteiger charge is -2.26. The molecule has 0 amide bonds. The van der Waals surface area contributed by atoms with Gasteiger partial charge in [0.1, 0.15) is 11.8 Å². The summed E-state index contributed by atoms with van der Waals surface area (Å²) in [5, 5.41) is 0. The van der Waals surface area contributed by atoms with Crippen LogP contribution >= 0.6 is 11.3 Å². The number of carbonyl (C=O) groups is 1. The molecule has 1 aliphatic heterocycles. The number of ether oxygens (including phenoxy) is 4. The van der Waals surface area contributed by atoms with Crippen LogP contribution in [0, 0.1) is 6.92 Å². The fourth-order valence-electron chi connectivity index (χ4n) is 4.93. The monoisotopic (exact) mass is 564 g/mol. The lowest BCUT2D eigenvalue weighted by molar-refractivity contribution is -0.139. The number of thiazole rings is 1. The van der Waals surface area contributed by atoms with E-state index >= 15 is 0 Å². The summed E-state index contributed by atoms with van der Waals surface area (Å²) in [6.45, 7) is 12.2. The number of rotatable bonds is 9. The van der Waals surface area contributed by atoms with Crippen molar-refractivity contribution in [2.24, 2.45) is 4.99 Å². The Morgan fingerprint density at radius 1 is 1.10 bits per heavy atom. The van der Waals surface area contributed by atoms with Gasteiger partial charge in [-0.15, -0.1) is 0 Å². The molecule has 1 aliphatic rings. The molecule has 1 aromatic heterocycles. The van der Waals surface area contributed by atoms with Crippen LogP contribution in [0.1, 0.15) is 68.8 Å². The largest absolute Gasteiger partial charge is 0.496 e. The van der Waals surface area contributed by atoms with Gasteiger partial charge in [-0.3, -0.25) is 9.36 Å². The zero-order valence-corrected chi connectivity index (χ0v) is 25.1. The van der Waals surface area contributed by atoms with Gasteiger partial charge < -0.3 is 18.9 Å². The molecule has 0 spiro atoms. The van der Waals surface area contributed by atoms with Crippen molar-refractivity contribution in [3.63, 3.8) is 0 Å². The first kappa shape index (κ1) is 29.1. The van der Waals surface area contributed by atoms with Crippen LogP contribution in [-0.2, 0) is 9.53 Å². The highest BCUT2D eigenvalue weighted by Gasteiger charge is 2.36. The third kappa shape index (κ3) is 5.30. The highest BCUT2D eigenvalue weighted by molar-refractivity contribution is 7.07. The standard InChI is InChI=1S/C31H36N2O6S/c1-9-38-28-21(12-11-13-23(28)36-7)27-26(30(35)39-10-2)19(6)32-31-33(27)29(34)25(40-31)16-20-15-22(17(3)4)24(37-8)14-18(20)5/h11-17,27H,9-10H2,1-8H3. The van der Waals surface area contributed by atoms with Gasteiger partial charge in [0, 0.05) is 5.56 Å². The molecule has 4 rings (SSSR count). The molecule has 0 fully saturated rings. The minimum absolute atomic E-state index is 0.193. The van der Waals surface area contributed by atoms with E-state index < -0.39 is 12.0 Å². The molecule has 40 heavy (non-hydrogen) atoms. The summed E-state index contributed by atoms with van der Waals surface area (Å²) in [4.78, 5) is 32.6. The number of fused-ring (bicyclic) bond motifs is 1. The van der Waals surface area contributed by atoms with Crippen molar-refractivity contribution in [2.45, 2.75) is 53.5 Å². The van der Waals surface area contributed by atoms with Crippen LogP contribution in [0.2, 0.25) is 0 Å². The van der Waals surface area contributed by atoms with E-state index in [0.29, 0.717) is 38.7 Å². The average Bonchev–Trinajstić information content (AvgIpc) is 3.23. The molecule has 9 heteroatoms. The molecule has 0 N–H and O–H groups in total. The van der Waals surface area contributed by atoms with Crippen LogP contribution in [0.15, 0.2) is 51.4 Å². The van der Waals surface area contributed by atoms with Gasteiger partial charge in [-0.1, -0.05) is 37.3 Å². The highest BCUT2D eigenvalue weighted by Crippen LogP contribution is 2.40. The van der Waals surface area contributed by atoms with Crippen molar-refractivity contribution < 1.29 is 23.7 Å². The molecule has 0 saturated carbocycles. The van der Waals surface area contributed by atoms with E-state index in [2.05, 4.69) is 19.9 Å². The quantitative estimate of drug-likeness (QED) is 0.352. The minimum Gasteiger partial charge on any atom is -0.496 e. The first-order valence-electron chi connectivity index (χ1n) is 13.3. The number of esters is 1. The summed E-state index contributed by atoms with van der Waals surface area (Å²) in [6.07, 6.45) is 1.89. The van der Waals surface area contributed by atoms with E-state index in [0.717, 1.165) is 22.4 Å². The van der Waals surface area contributed by atoms with Gasteiger partial charge in [-0.2, -0.15) is 0 Å². The fourth-order valence-corrected chi connectivity index (χ4v) is 5.97. The lowest BCUT2D eigenvalue weighted by atomic mass is 9.94. The Labute approximate surface area is 238 Å². The molecule has 2 aromatic carbocycles. The molecule has 3 aromatic rings. The van der Waals surface area contributed by atoms with Gasteiger partial charge in [0.15, 0.2) is 16.3 Å². The van der Waals surface area contributed by atoms with Crippen molar-refractivity contribution in [2.75, 3.05) is 27.4 Å². The van der Waals surface area contributed by atoms with E-state index in [1.807, 2.05) is 38.1 Å². The Morgan fingerprint density at radius 3 is 2.45 bits per heavy atom. The normalized spacial score (nSPS) is 15.1. The van der Waals surface area contributed by atoms with Crippen LogP contribution in [0.3, 0.4) is 0 Å². The smallest absolute Gasteiger partial charge is 0.338 e. The van der Waals surface area contributed by atoms with Crippen LogP contribution < -0.4 is 29.1 Å². The van der Waals surface area contributed by atoms with Crippen LogP contribution in [0.25, 0.3) is 6.08 Å². The predicted molar refractivity (Wildman–Crippen MR) is 156 cm³/mol. The second-order valence-electron chi connectivity index (χ2n) is 9.72. The molecule has 0 aliphatic carbocycles. The Kier molecular flexibility index (Phi) is 8.83. The van der Waals surface area contributed by atoms with Crippen molar-refractivity contribution >= 4 is 23.4 Å². The van der Waals surface area contributed by atoms with Gasteiger partial charge in [-0.05, 0) is 74.6 Å². The minimum atomic E-state index is -0.808. The molecular formula is C31H36N2O6S. The van der Waals surface area contributed by atoms with Gasteiger partial charge in [0.05, 0.1) is 43.2 Å². The summed E-state index contributed by atoms with van der Waals surface area (Å²) in [7, 11) is 3.22. The maximum Gasteiger partial charge on any atom is 0.338 e. The van der Waals surface area contributed by atoms with Gasteiger partial charge in [-0.25, -0.2) is 9.79 Å². The zero-order chi connectivity index (χ0) is 29.1. The molecule has 0 radical (unpaired) electrons. The van der Waals surface area contributed by atoms with E-state index in [1.165, 1.54) is 11.3 Å². The number of allylic oxidation sites excluding steroid dienone is 1. The zero-order valence-electron chi connectivity index (χ0n) is 24.3. The third-order valence-corrected chi connectivity index (χ3v) is 7.84. The molecule has 1 atom stereocenters. The number of carbonyl (C=O) groups excluding carboxylic acids is 1. The first-order valence-corrected chi connectivity index (χ1v) is 14.2. The number of benzene rings is 2. The van der Waals surface area contributed by atoms with Crippen molar-refractivity contribution in [1.29, 1.82) is 0 Å². The van der Waals surface area contributed by atoms with E-state index in [9.17, 15) is 9.59 Å². The Balaban J connectivity index is 2.02. The van der Waals surface area contributed by atoms with Gasteiger partial charge >= 0.3 is 5.97 Å². The average molecular weight is 565 g/mol. The second kappa shape index (κ2) is 12.1. The summed E-state index contributed by atoms with van der Waals surface area (Å²) in [5.74, 6) is 1.51. The molecule has 1 unspecified atom stereocenters. The molecule has 2 heterocycles. The molecule has 0 saturated heterocycles. The number of hydrogen-bond acceptors (Lipinski definition) is 8. The maximum atomic E-state index is 14.1. The highest BCUT2D eigenvalue weighted by atomic mass is 32.1. The Bertz CT molecular complexity index is 1650. The summed E-state index contributed by atoms with van der Waals surface area (Å²) < 4.78 is 24.7. The van der Waals surface area contributed by atoms with Gasteiger partial charge in [0.2, 0.25) is 0 Å². The SMILES string of the molecule is CCOC(=O)C1=C(C)N=c2sc(=Cc3cc(C(C)C)c(OC)cc3C)c(=O)n2C1c1cccc(OC)c1OCC. The molecule has 0 bridgehead atoms. The Morgan fingerprint density at radius 2 is 1.82 bits per heavy atom. The van der Waals surface area contributed by atoms with E-state index in [-0.39, 0.29) is 23.7 Å². The third-order valence-electron chi connectivity index (χ3n) is 6.86. The predicted octanol–water partition coefficient (Wildman–Crippen LogP) is 4.65. The summed E-state index contributed by atoms with van der Waals surface area (Å²) in [5.41, 5.74) is 4.11. The number of aryl methyl sites for hydroxylation is 1. The number of nitrogens with zero attached hydrogens (tertiary/aromatic N) is 2. The van der Waals surface area contributed by atoms with Crippen LogP contribution in [-0.4, -0.2) is 38.0 Å². The van der Waals surface area contributed by atoms with Crippen molar-refractivity contribution in [3.05, 3.63) is 83.5 Å². The van der Waals surface area contributed by atoms with Crippen molar-refractivity contribution in [1.82, 2.24) is 4.57 Å². The van der Waals surface area contributed by atoms with Gasteiger partial charge in [0.25, 0.3) is 5.56 Å². The Hall–Kier alpha value is -3.85. The number of methoxy groups -OCH3 is 2. The fraction of sp³-hybridized carbons (Fsp3) is 0.387. The topological polar surface area (TPSA) is 88.4 Å². The second-order valence-corrected chi connectivity index (χ2v) is 10.7. The molecular weight excluding hydrogens is 528 g/mol. The van der Waals surface area contributed by atoms with Crippen LogP contribution in [0.5, 0.6) is 17.2 Å². The number of aromatic nitrogens is 1. The summed E-state index contributed by atoms with van der Waals surface area (Å²) in [6, 6.07) is 8.71. The van der Waals surface area contributed by atoms with Crippen LogP contribution in [0.4, 0.5) is 0 Å². The molecule has 212 valence electrons. The van der Waals surface area contributed by atoms with E-state index in [4.69, 9.17) is 23.9 Å². The number of para-hydroxylation sites is 1. The maximum absolute atomic E-state index is 14.1. The lowest BCUT2D eigenvalue weighted by Crippen LogP contribution is -2.40. The first-order chi connectivity index (χ1) is 19.2. The van der Waals surface area contributed by atoms with Crippen molar-refractivity contribution in [3.8, 4) is 17.2 Å².